The summed E-state index contributed by atoms with van der Waals surface area (Å²) < 4.78 is 5.51. The molecular weight excluding hydrogens is 384 g/mol. The van der Waals surface area contributed by atoms with Crippen molar-refractivity contribution in [2.45, 2.75) is 25.3 Å². The highest BCUT2D eigenvalue weighted by Gasteiger charge is 2.34. The largest absolute Gasteiger partial charge is 0.481 e. The average Bonchev–Trinajstić information content (AvgIpc) is 3.38. The molecule has 0 bridgehead atoms. The standard InChI is InChI=1S/C21H26N6O3/c1-13(28)24-15-4-3-5-16(10-15)25-18-8-9-27(21(18)29)19-7-6-17(20(26-19)30-2)14-11-22-23-12-14/h3-7,10,14,18,22-23,25H,8-9,11-12H2,1-2H3,(H,24,28). The number of carbonyl (C=O) groups is 2. The van der Waals surface area contributed by atoms with Crippen LogP contribution in [0.3, 0.4) is 0 Å². The summed E-state index contributed by atoms with van der Waals surface area (Å²) in [6.45, 7) is 3.65. The van der Waals surface area contributed by atoms with Gasteiger partial charge in [0.15, 0.2) is 0 Å². The van der Waals surface area contributed by atoms with Crippen molar-refractivity contribution in [3.05, 3.63) is 42.0 Å². The number of hydrogen-bond donors (Lipinski definition) is 4. The van der Waals surface area contributed by atoms with Gasteiger partial charge in [-0.15, -0.1) is 0 Å². The third kappa shape index (κ3) is 4.22. The molecule has 2 saturated heterocycles. The Morgan fingerprint density at radius 2 is 1.97 bits per heavy atom. The van der Waals surface area contributed by atoms with Crippen molar-refractivity contribution in [2.75, 3.05) is 42.3 Å². The van der Waals surface area contributed by atoms with Crippen LogP contribution in [-0.4, -0.2) is 49.6 Å². The van der Waals surface area contributed by atoms with Crippen LogP contribution in [0.25, 0.3) is 0 Å². The second-order valence-corrected chi connectivity index (χ2v) is 7.46. The van der Waals surface area contributed by atoms with Gasteiger partial charge in [-0.25, -0.2) is 0 Å². The molecule has 9 heteroatoms. The Bertz CT molecular complexity index is 944. The van der Waals surface area contributed by atoms with E-state index in [-0.39, 0.29) is 23.8 Å². The predicted octanol–water partition coefficient (Wildman–Crippen LogP) is 1.46. The molecule has 0 aliphatic carbocycles. The molecule has 1 aromatic carbocycles. The maximum atomic E-state index is 13.0. The van der Waals surface area contributed by atoms with E-state index in [0.717, 1.165) is 24.3 Å². The summed E-state index contributed by atoms with van der Waals surface area (Å²) in [6, 6.07) is 10.9. The predicted molar refractivity (Wildman–Crippen MR) is 115 cm³/mol. The number of hydrazine groups is 1. The molecule has 2 amide bonds. The van der Waals surface area contributed by atoms with Gasteiger partial charge in [-0.2, -0.15) is 4.98 Å². The molecule has 3 heterocycles. The molecule has 9 nitrogen and oxygen atoms in total. The summed E-state index contributed by atoms with van der Waals surface area (Å²) in [5, 5.41) is 6.02. The van der Waals surface area contributed by atoms with Crippen LogP contribution in [0.5, 0.6) is 5.88 Å². The first-order valence-corrected chi connectivity index (χ1v) is 10.0. The number of nitrogens with zero attached hydrogens (tertiary/aromatic N) is 2. The first-order valence-electron chi connectivity index (χ1n) is 10.0. The Balaban J connectivity index is 1.47. The second kappa shape index (κ2) is 8.68. The van der Waals surface area contributed by atoms with Gasteiger partial charge in [0.1, 0.15) is 11.9 Å². The highest BCUT2D eigenvalue weighted by Crippen LogP contribution is 2.30. The minimum atomic E-state index is -0.353. The number of methoxy groups -OCH3 is 1. The zero-order valence-corrected chi connectivity index (χ0v) is 17.1. The Hall–Kier alpha value is -3.17. The number of amides is 2. The van der Waals surface area contributed by atoms with Gasteiger partial charge in [0.25, 0.3) is 5.91 Å². The van der Waals surface area contributed by atoms with Crippen LogP contribution >= 0.6 is 0 Å². The number of rotatable bonds is 6. The number of ether oxygens (including phenoxy) is 1. The van der Waals surface area contributed by atoms with Crippen LogP contribution < -0.4 is 31.1 Å². The summed E-state index contributed by atoms with van der Waals surface area (Å²) in [5.74, 6) is 1.25. The fraction of sp³-hybridized carbons (Fsp3) is 0.381. The Morgan fingerprint density at radius 1 is 1.20 bits per heavy atom. The number of aromatic nitrogens is 1. The third-order valence-corrected chi connectivity index (χ3v) is 5.34. The van der Waals surface area contributed by atoms with Crippen molar-refractivity contribution in [3.63, 3.8) is 0 Å². The average molecular weight is 410 g/mol. The molecule has 4 rings (SSSR count). The molecule has 158 valence electrons. The monoisotopic (exact) mass is 410 g/mol. The highest BCUT2D eigenvalue weighted by molar-refractivity contribution is 6.00. The van der Waals surface area contributed by atoms with Crippen LogP contribution in [0.1, 0.15) is 24.8 Å². The van der Waals surface area contributed by atoms with Crippen LogP contribution in [-0.2, 0) is 9.59 Å². The third-order valence-electron chi connectivity index (χ3n) is 5.34. The summed E-state index contributed by atoms with van der Waals surface area (Å²) >= 11 is 0. The molecule has 2 fully saturated rings. The van der Waals surface area contributed by atoms with Gasteiger partial charge in [0.05, 0.1) is 7.11 Å². The van der Waals surface area contributed by atoms with Crippen molar-refractivity contribution in [2.24, 2.45) is 0 Å². The van der Waals surface area contributed by atoms with Crippen LogP contribution in [0.2, 0.25) is 0 Å². The lowest BCUT2D eigenvalue weighted by molar-refractivity contribution is -0.117. The number of benzene rings is 1. The first-order chi connectivity index (χ1) is 14.5. The van der Waals surface area contributed by atoms with Gasteiger partial charge in [-0.05, 0) is 36.8 Å². The first kappa shape index (κ1) is 20.1. The van der Waals surface area contributed by atoms with Crippen LogP contribution in [0.15, 0.2) is 36.4 Å². The number of carbonyl (C=O) groups excluding carboxylic acids is 2. The summed E-state index contributed by atoms with van der Waals surface area (Å²) in [7, 11) is 1.60. The molecular formula is C21H26N6O3. The molecule has 2 aromatic rings. The molecule has 2 aliphatic heterocycles. The lowest BCUT2D eigenvalue weighted by Crippen LogP contribution is -2.34. The summed E-state index contributed by atoms with van der Waals surface area (Å²) in [6.07, 6.45) is 0.658. The normalized spacial score (nSPS) is 19.2. The maximum Gasteiger partial charge on any atom is 0.250 e. The van der Waals surface area contributed by atoms with Crippen LogP contribution in [0, 0.1) is 0 Å². The zero-order chi connectivity index (χ0) is 21.1. The molecule has 1 aromatic heterocycles. The van der Waals surface area contributed by atoms with E-state index in [4.69, 9.17) is 4.74 Å². The molecule has 0 saturated carbocycles. The minimum absolute atomic E-state index is 0.0357. The Morgan fingerprint density at radius 3 is 2.70 bits per heavy atom. The van der Waals surface area contributed by atoms with Gasteiger partial charge in [-0.3, -0.25) is 25.3 Å². The van der Waals surface area contributed by atoms with E-state index in [1.165, 1.54) is 6.92 Å². The van der Waals surface area contributed by atoms with Gasteiger partial charge in [0.2, 0.25) is 11.8 Å². The topological polar surface area (TPSA) is 108 Å². The lowest BCUT2D eigenvalue weighted by atomic mass is 10.0. The number of nitrogens with one attached hydrogen (secondary N) is 4. The quantitative estimate of drug-likeness (QED) is 0.571. The molecule has 4 N–H and O–H groups in total. The second-order valence-electron chi connectivity index (χ2n) is 7.46. The number of anilines is 3. The van der Waals surface area contributed by atoms with Crippen molar-refractivity contribution in [1.29, 1.82) is 0 Å². The maximum absolute atomic E-state index is 13.0. The molecule has 1 atom stereocenters. The van der Waals surface area contributed by atoms with E-state index in [0.29, 0.717) is 30.4 Å². The van der Waals surface area contributed by atoms with E-state index < -0.39 is 0 Å². The van der Waals surface area contributed by atoms with E-state index >= 15 is 0 Å². The minimum Gasteiger partial charge on any atom is -0.481 e. The van der Waals surface area contributed by atoms with Gasteiger partial charge < -0.3 is 15.4 Å². The molecule has 0 radical (unpaired) electrons. The van der Waals surface area contributed by atoms with Gasteiger partial charge in [0, 0.05) is 49.4 Å². The van der Waals surface area contributed by atoms with E-state index in [2.05, 4.69) is 26.5 Å². The van der Waals surface area contributed by atoms with Gasteiger partial charge >= 0.3 is 0 Å². The smallest absolute Gasteiger partial charge is 0.250 e. The van der Waals surface area contributed by atoms with Gasteiger partial charge in [-0.1, -0.05) is 6.07 Å². The van der Waals surface area contributed by atoms with E-state index in [1.54, 1.807) is 12.0 Å². The van der Waals surface area contributed by atoms with Crippen molar-refractivity contribution < 1.29 is 14.3 Å². The molecule has 0 spiro atoms. The molecule has 1 unspecified atom stereocenters. The summed E-state index contributed by atoms with van der Waals surface area (Å²) in [4.78, 5) is 30.6. The number of hydrogen-bond acceptors (Lipinski definition) is 7. The highest BCUT2D eigenvalue weighted by atomic mass is 16.5. The summed E-state index contributed by atoms with van der Waals surface area (Å²) in [5.41, 5.74) is 8.72. The Kier molecular flexibility index (Phi) is 5.82. The molecule has 2 aliphatic rings. The molecule has 30 heavy (non-hydrogen) atoms. The van der Waals surface area contributed by atoms with Crippen LogP contribution in [0.4, 0.5) is 17.2 Å². The van der Waals surface area contributed by atoms with E-state index in [1.807, 2.05) is 36.4 Å². The lowest BCUT2D eigenvalue weighted by Gasteiger charge is -2.19. The fourth-order valence-electron chi connectivity index (χ4n) is 3.88. The zero-order valence-electron chi connectivity index (χ0n) is 17.1. The SMILES string of the molecule is COc1nc(N2CCC(Nc3cccc(NC(C)=O)c3)C2=O)ccc1C1CNNC1. The van der Waals surface area contributed by atoms with Crippen molar-refractivity contribution in [1.82, 2.24) is 15.8 Å². The fourth-order valence-corrected chi connectivity index (χ4v) is 3.88. The van der Waals surface area contributed by atoms with Crippen molar-refractivity contribution in [3.8, 4) is 5.88 Å². The number of pyridine rings is 1. The van der Waals surface area contributed by atoms with E-state index in [9.17, 15) is 9.59 Å². The Labute approximate surface area is 175 Å². The van der Waals surface area contributed by atoms with Crippen molar-refractivity contribution >= 4 is 29.0 Å².